The second-order valence-corrected chi connectivity index (χ2v) is 4.26. The van der Waals surface area contributed by atoms with E-state index >= 15 is 0 Å². The topological polar surface area (TPSA) is 42.0 Å². The Morgan fingerprint density at radius 1 is 1.40 bits per heavy atom. The highest BCUT2D eigenvalue weighted by atomic mass is 35.5. The Hall–Kier alpha value is -1.09. The first-order valence-corrected chi connectivity index (χ1v) is 5.31. The Kier molecular flexibility index (Phi) is 4.09. The van der Waals surface area contributed by atoms with Crippen LogP contribution in [0.1, 0.15) is 31.1 Å². The lowest BCUT2D eigenvalue weighted by Gasteiger charge is -2.17. The van der Waals surface area contributed by atoms with Gasteiger partial charge in [-0.2, -0.15) is 0 Å². The maximum atomic E-state index is 11.7. The summed E-state index contributed by atoms with van der Waals surface area (Å²) in [6.45, 7) is 6.10. The second kappa shape index (κ2) is 5.12. The zero-order valence-corrected chi connectivity index (χ0v) is 9.88. The Labute approximate surface area is 94.9 Å². The number of hydrogen-bond acceptors (Lipinski definition) is 2. The maximum Gasteiger partial charge on any atom is 0.253 e. The fourth-order valence-corrected chi connectivity index (χ4v) is 1.08. The van der Waals surface area contributed by atoms with Crippen LogP contribution in [0, 0.1) is 5.92 Å². The fraction of sp³-hybridized carbons (Fsp3) is 0.455. The summed E-state index contributed by atoms with van der Waals surface area (Å²) < 4.78 is 0. The zero-order valence-electron chi connectivity index (χ0n) is 9.12. The molecule has 1 aromatic rings. The van der Waals surface area contributed by atoms with Crippen molar-refractivity contribution in [2.45, 2.75) is 26.8 Å². The quantitative estimate of drug-likeness (QED) is 0.805. The highest BCUT2D eigenvalue weighted by Gasteiger charge is 2.12. The molecule has 0 spiro atoms. The summed E-state index contributed by atoms with van der Waals surface area (Å²) in [5, 5.41) is 3.29. The van der Waals surface area contributed by atoms with Gasteiger partial charge in [-0.05, 0) is 25.0 Å². The molecule has 0 aliphatic carbocycles. The predicted molar refractivity (Wildman–Crippen MR) is 61.0 cm³/mol. The largest absolute Gasteiger partial charge is 0.349 e. The van der Waals surface area contributed by atoms with E-state index in [1.165, 1.54) is 6.20 Å². The summed E-state index contributed by atoms with van der Waals surface area (Å²) in [5.74, 6) is 0.301. The van der Waals surface area contributed by atoms with Gasteiger partial charge < -0.3 is 5.32 Å². The van der Waals surface area contributed by atoms with Crippen LogP contribution in [-0.4, -0.2) is 16.9 Å². The van der Waals surface area contributed by atoms with Crippen LogP contribution in [0.4, 0.5) is 0 Å². The Morgan fingerprint density at radius 3 is 2.53 bits per heavy atom. The van der Waals surface area contributed by atoms with Crippen molar-refractivity contribution < 1.29 is 4.79 Å². The zero-order chi connectivity index (χ0) is 11.4. The third-order valence-corrected chi connectivity index (χ3v) is 2.57. The van der Waals surface area contributed by atoms with Crippen molar-refractivity contribution in [2.24, 2.45) is 5.92 Å². The van der Waals surface area contributed by atoms with E-state index in [0.717, 1.165) is 0 Å². The van der Waals surface area contributed by atoms with Gasteiger partial charge in [-0.25, -0.2) is 4.98 Å². The Balaban J connectivity index is 2.65. The summed E-state index contributed by atoms with van der Waals surface area (Å²) in [5.41, 5.74) is 0.534. The number of amides is 1. The van der Waals surface area contributed by atoms with Crippen LogP contribution in [0.25, 0.3) is 0 Å². The van der Waals surface area contributed by atoms with Crippen LogP contribution < -0.4 is 5.32 Å². The van der Waals surface area contributed by atoms with E-state index in [2.05, 4.69) is 24.1 Å². The van der Waals surface area contributed by atoms with E-state index in [1.54, 1.807) is 12.1 Å². The van der Waals surface area contributed by atoms with Gasteiger partial charge >= 0.3 is 0 Å². The van der Waals surface area contributed by atoms with Crippen LogP contribution in [0.15, 0.2) is 18.3 Å². The van der Waals surface area contributed by atoms with Crippen molar-refractivity contribution in [1.82, 2.24) is 10.3 Å². The van der Waals surface area contributed by atoms with Crippen molar-refractivity contribution in [1.29, 1.82) is 0 Å². The average Bonchev–Trinajstić information content (AvgIpc) is 2.18. The third-order valence-electron chi connectivity index (χ3n) is 2.35. The number of nitrogens with one attached hydrogen (secondary N) is 1. The van der Waals surface area contributed by atoms with Crippen molar-refractivity contribution in [3.63, 3.8) is 0 Å². The summed E-state index contributed by atoms with van der Waals surface area (Å²) in [6, 6.07) is 3.42. The van der Waals surface area contributed by atoms with Crippen molar-refractivity contribution in [2.75, 3.05) is 0 Å². The first-order valence-electron chi connectivity index (χ1n) is 4.93. The van der Waals surface area contributed by atoms with Gasteiger partial charge in [0.2, 0.25) is 0 Å². The minimum absolute atomic E-state index is 0.111. The Bertz CT molecular complexity index is 335. The summed E-state index contributed by atoms with van der Waals surface area (Å²) >= 11 is 5.63. The molecule has 1 rings (SSSR count). The molecule has 0 aliphatic rings. The number of rotatable bonds is 3. The van der Waals surface area contributed by atoms with Gasteiger partial charge in [-0.3, -0.25) is 4.79 Å². The Morgan fingerprint density at radius 2 is 2.07 bits per heavy atom. The van der Waals surface area contributed by atoms with E-state index in [1.807, 2.05) is 6.92 Å². The maximum absolute atomic E-state index is 11.7. The van der Waals surface area contributed by atoms with Gasteiger partial charge in [0.25, 0.3) is 5.91 Å². The van der Waals surface area contributed by atoms with Gasteiger partial charge in [0.1, 0.15) is 5.15 Å². The van der Waals surface area contributed by atoms with E-state index in [0.29, 0.717) is 16.6 Å². The molecule has 0 fully saturated rings. The SMILES string of the molecule is CC(C)C(C)NC(=O)c1ccc(Cl)nc1. The minimum Gasteiger partial charge on any atom is -0.349 e. The van der Waals surface area contributed by atoms with E-state index in [9.17, 15) is 4.79 Å². The molecule has 0 saturated carbocycles. The summed E-state index contributed by atoms with van der Waals surface area (Å²) in [4.78, 5) is 15.5. The molecule has 3 nitrogen and oxygen atoms in total. The molecular weight excluding hydrogens is 212 g/mol. The number of aromatic nitrogens is 1. The second-order valence-electron chi connectivity index (χ2n) is 3.88. The molecule has 82 valence electrons. The molecule has 0 aromatic carbocycles. The number of nitrogens with zero attached hydrogens (tertiary/aromatic N) is 1. The van der Waals surface area contributed by atoms with Gasteiger partial charge in [-0.1, -0.05) is 25.4 Å². The molecule has 0 radical (unpaired) electrons. The van der Waals surface area contributed by atoms with Gasteiger partial charge in [0, 0.05) is 12.2 Å². The van der Waals surface area contributed by atoms with Gasteiger partial charge in [-0.15, -0.1) is 0 Å². The molecule has 1 amide bonds. The molecule has 1 N–H and O–H groups in total. The molecule has 1 unspecified atom stereocenters. The molecular formula is C11H15ClN2O. The van der Waals surface area contributed by atoms with E-state index in [-0.39, 0.29) is 11.9 Å². The monoisotopic (exact) mass is 226 g/mol. The molecule has 15 heavy (non-hydrogen) atoms. The standard InChI is InChI=1S/C11H15ClN2O/c1-7(2)8(3)14-11(15)9-4-5-10(12)13-6-9/h4-8H,1-3H3,(H,14,15). The van der Waals surface area contributed by atoms with Crippen molar-refractivity contribution in [3.05, 3.63) is 29.0 Å². The van der Waals surface area contributed by atoms with E-state index < -0.39 is 0 Å². The van der Waals surface area contributed by atoms with Crippen LogP contribution in [0.5, 0.6) is 0 Å². The van der Waals surface area contributed by atoms with Gasteiger partial charge in [0.15, 0.2) is 0 Å². The minimum atomic E-state index is -0.111. The third kappa shape index (κ3) is 3.51. The van der Waals surface area contributed by atoms with Crippen LogP contribution in [-0.2, 0) is 0 Å². The summed E-state index contributed by atoms with van der Waals surface area (Å²) in [6.07, 6.45) is 1.48. The number of hydrogen-bond donors (Lipinski definition) is 1. The lowest BCUT2D eigenvalue weighted by molar-refractivity contribution is 0.0930. The van der Waals surface area contributed by atoms with Crippen molar-refractivity contribution in [3.8, 4) is 0 Å². The van der Waals surface area contributed by atoms with Crippen LogP contribution >= 0.6 is 11.6 Å². The molecule has 0 saturated heterocycles. The predicted octanol–water partition coefficient (Wildman–Crippen LogP) is 2.51. The van der Waals surface area contributed by atoms with Crippen LogP contribution in [0.2, 0.25) is 5.15 Å². The van der Waals surface area contributed by atoms with Gasteiger partial charge in [0.05, 0.1) is 5.56 Å². The molecule has 4 heteroatoms. The average molecular weight is 227 g/mol. The normalized spacial score (nSPS) is 12.6. The van der Waals surface area contributed by atoms with E-state index in [4.69, 9.17) is 11.6 Å². The highest BCUT2D eigenvalue weighted by Crippen LogP contribution is 2.06. The molecule has 1 heterocycles. The van der Waals surface area contributed by atoms with Crippen LogP contribution in [0.3, 0.4) is 0 Å². The number of carbonyl (C=O) groups is 1. The molecule has 0 aliphatic heterocycles. The lowest BCUT2D eigenvalue weighted by Crippen LogP contribution is -2.36. The van der Waals surface area contributed by atoms with Crippen molar-refractivity contribution >= 4 is 17.5 Å². The fourth-order valence-electron chi connectivity index (χ4n) is 0.967. The molecule has 1 aromatic heterocycles. The molecule has 0 bridgehead atoms. The lowest BCUT2D eigenvalue weighted by atomic mass is 10.1. The first kappa shape index (κ1) is 12.0. The number of carbonyl (C=O) groups excluding carboxylic acids is 1. The summed E-state index contributed by atoms with van der Waals surface area (Å²) in [7, 11) is 0. The number of halogens is 1. The highest BCUT2D eigenvalue weighted by molar-refractivity contribution is 6.29. The smallest absolute Gasteiger partial charge is 0.253 e. The molecule has 1 atom stereocenters. The first-order chi connectivity index (χ1) is 7.00. The number of pyridine rings is 1.